The van der Waals surface area contributed by atoms with Crippen molar-refractivity contribution >= 4 is 9.84 Å². The summed E-state index contributed by atoms with van der Waals surface area (Å²) in [5.74, 6) is 0.928. The maximum absolute atomic E-state index is 11.1. The molecule has 0 atom stereocenters. The van der Waals surface area contributed by atoms with E-state index < -0.39 is 9.84 Å². The number of sulfone groups is 1. The van der Waals surface area contributed by atoms with Gasteiger partial charge in [-0.15, -0.1) is 0 Å². The van der Waals surface area contributed by atoms with Gasteiger partial charge in [-0.3, -0.25) is 0 Å². The smallest absolute Gasteiger partial charge is 0.209 e. The fraction of sp³-hybridized carbons (Fsp3) is 0.571. The summed E-state index contributed by atoms with van der Waals surface area (Å²) in [6, 6.07) is 0. The molecule has 0 fully saturated rings. The maximum Gasteiger partial charge on any atom is 0.209 e. The second kappa shape index (κ2) is 3.26. The molecule has 4 nitrogen and oxygen atoms in total. The lowest BCUT2D eigenvalue weighted by atomic mass is 10.6. The van der Waals surface area contributed by atoms with Crippen LogP contribution >= 0.6 is 0 Å². The number of aromatic nitrogens is 1. The molecular weight excluding hydrogens is 178 g/mol. The van der Waals surface area contributed by atoms with Gasteiger partial charge in [-0.1, -0.05) is 6.92 Å². The predicted octanol–water partition coefficient (Wildman–Crippen LogP) is 0.918. The Morgan fingerprint density at radius 1 is 1.58 bits per heavy atom. The molecule has 0 spiro atoms. The third-order valence-corrected chi connectivity index (χ3v) is 3.02. The van der Waals surface area contributed by atoms with Crippen LogP contribution in [-0.2, 0) is 15.6 Å². The molecule has 1 heterocycles. The molecule has 0 unspecified atom stereocenters. The van der Waals surface area contributed by atoms with Crippen molar-refractivity contribution in [2.24, 2.45) is 0 Å². The first-order valence-corrected chi connectivity index (χ1v) is 5.47. The maximum atomic E-state index is 11.1. The van der Waals surface area contributed by atoms with Gasteiger partial charge >= 0.3 is 0 Å². The summed E-state index contributed by atoms with van der Waals surface area (Å²) in [6.07, 6.45) is 1.51. The van der Waals surface area contributed by atoms with Gasteiger partial charge in [-0.2, -0.15) is 0 Å². The molecule has 1 aromatic heterocycles. The van der Waals surface area contributed by atoms with Gasteiger partial charge in [0.25, 0.3) is 0 Å². The lowest BCUT2D eigenvalue weighted by Crippen LogP contribution is -2.06. The topological polar surface area (TPSA) is 60.2 Å². The van der Waals surface area contributed by atoms with E-state index in [9.17, 15) is 8.42 Å². The summed E-state index contributed by atoms with van der Waals surface area (Å²) in [6.45, 7) is 3.33. The standard InChI is InChI=1S/C7H11NO3S/c1-3-12(9,10)5-7-8-4-6(2)11-7/h4H,3,5H2,1-2H3. The Hall–Kier alpha value is -0.840. The average Bonchev–Trinajstić information content (AvgIpc) is 2.35. The number of hydrogen-bond donors (Lipinski definition) is 0. The van der Waals surface area contributed by atoms with E-state index in [4.69, 9.17) is 4.42 Å². The van der Waals surface area contributed by atoms with Gasteiger partial charge in [-0.25, -0.2) is 13.4 Å². The van der Waals surface area contributed by atoms with Gasteiger partial charge in [0.05, 0.1) is 6.20 Å². The molecule has 12 heavy (non-hydrogen) atoms. The van der Waals surface area contributed by atoms with Crippen LogP contribution in [0.2, 0.25) is 0 Å². The summed E-state index contributed by atoms with van der Waals surface area (Å²) in [4.78, 5) is 3.80. The quantitative estimate of drug-likeness (QED) is 0.709. The second-order valence-electron chi connectivity index (χ2n) is 2.54. The van der Waals surface area contributed by atoms with E-state index in [0.717, 1.165) is 0 Å². The Bertz CT molecular complexity index is 352. The fourth-order valence-electron chi connectivity index (χ4n) is 0.758. The minimum atomic E-state index is -3.02. The van der Waals surface area contributed by atoms with Crippen LogP contribution < -0.4 is 0 Å². The molecule has 0 radical (unpaired) electrons. The van der Waals surface area contributed by atoms with E-state index in [1.807, 2.05) is 0 Å². The highest BCUT2D eigenvalue weighted by molar-refractivity contribution is 7.90. The molecule has 0 saturated carbocycles. The van der Waals surface area contributed by atoms with Crippen molar-refractivity contribution < 1.29 is 12.8 Å². The van der Waals surface area contributed by atoms with Gasteiger partial charge in [0.15, 0.2) is 9.84 Å². The number of aryl methyl sites for hydroxylation is 1. The first-order valence-electron chi connectivity index (χ1n) is 3.65. The molecule has 0 bridgehead atoms. The minimum absolute atomic E-state index is 0.0999. The van der Waals surface area contributed by atoms with Crippen LogP contribution in [0.15, 0.2) is 10.6 Å². The van der Waals surface area contributed by atoms with Crippen molar-refractivity contribution in [1.29, 1.82) is 0 Å². The molecule has 0 aliphatic heterocycles. The van der Waals surface area contributed by atoms with Crippen LogP contribution in [0.3, 0.4) is 0 Å². The minimum Gasteiger partial charge on any atom is -0.445 e. The first kappa shape index (κ1) is 9.25. The Morgan fingerprint density at radius 2 is 2.25 bits per heavy atom. The third kappa shape index (κ3) is 2.34. The van der Waals surface area contributed by atoms with E-state index in [2.05, 4.69) is 4.98 Å². The first-order chi connectivity index (χ1) is 5.53. The summed E-state index contributed by atoms with van der Waals surface area (Å²) in [5.41, 5.74) is 0. The molecule has 1 rings (SSSR count). The van der Waals surface area contributed by atoms with Gasteiger partial charge in [0, 0.05) is 5.75 Å². The van der Waals surface area contributed by atoms with Crippen LogP contribution in [-0.4, -0.2) is 19.2 Å². The zero-order valence-corrected chi connectivity index (χ0v) is 7.89. The number of hydrogen-bond acceptors (Lipinski definition) is 4. The summed E-state index contributed by atoms with van der Waals surface area (Å²) >= 11 is 0. The average molecular weight is 189 g/mol. The largest absolute Gasteiger partial charge is 0.445 e. The molecule has 0 aliphatic rings. The highest BCUT2D eigenvalue weighted by Crippen LogP contribution is 2.06. The van der Waals surface area contributed by atoms with E-state index >= 15 is 0 Å². The molecule has 0 aromatic carbocycles. The van der Waals surface area contributed by atoms with Crippen molar-refractivity contribution in [2.45, 2.75) is 19.6 Å². The van der Waals surface area contributed by atoms with Crippen molar-refractivity contribution in [1.82, 2.24) is 4.98 Å². The van der Waals surface area contributed by atoms with E-state index in [1.165, 1.54) is 6.20 Å². The Labute approximate surface area is 71.5 Å². The number of nitrogens with zero attached hydrogens (tertiary/aromatic N) is 1. The van der Waals surface area contributed by atoms with E-state index in [1.54, 1.807) is 13.8 Å². The van der Waals surface area contributed by atoms with Crippen LogP contribution in [0.5, 0.6) is 0 Å². The molecule has 0 N–H and O–H groups in total. The SMILES string of the molecule is CCS(=O)(=O)Cc1ncc(C)o1. The lowest BCUT2D eigenvalue weighted by Gasteiger charge is -1.94. The summed E-state index contributed by atoms with van der Waals surface area (Å²) < 4.78 is 27.2. The lowest BCUT2D eigenvalue weighted by molar-refractivity contribution is 0.484. The van der Waals surface area contributed by atoms with Crippen molar-refractivity contribution in [3.8, 4) is 0 Å². The summed E-state index contributed by atoms with van der Waals surface area (Å²) in [5, 5.41) is 0. The fourth-order valence-corrected chi connectivity index (χ4v) is 1.47. The monoisotopic (exact) mass is 189 g/mol. The second-order valence-corrected chi connectivity index (χ2v) is 4.89. The molecule has 68 valence electrons. The molecule has 1 aromatic rings. The highest BCUT2D eigenvalue weighted by Gasteiger charge is 2.12. The predicted molar refractivity (Wildman–Crippen MR) is 44.4 cm³/mol. The van der Waals surface area contributed by atoms with Crippen LogP contribution in [0.4, 0.5) is 0 Å². The molecule has 0 aliphatic carbocycles. The molecule has 0 amide bonds. The van der Waals surface area contributed by atoms with E-state index in [0.29, 0.717) is 5.76 Å². The molecule has 5 heteroatoms. The normalized spacial score (nSPS) is 11.8. The van der Waals surface area contributed by atoms with Crippen LogP contribution in [0.25, 0.3) is 0 Å². The zero-order chi connectivity index (χ0) is 9.19. The molecule has 0 saturated heterocycles. The Kier molecular flexibility index (Phi) is 2.52. The van der Waals surface area contributed by atoms with E-state index in [-0.39, 0.29) is 17.4 Å². The molecular formula is C7H11NO3S. The van der Waals surface area contributed by atoms with Crippen molar-refractivity contribution in [3.63, 3.8) is 0 Å². The van der Waals surface area contributed by atoms with Gasteiger partial charge in [0.2, 0.25) is 5.89 Å². The summed E-state index contributed by atoms with van der Waals surface area (Å²) in [7, 11) is -3.02. The Balaban J connectivity index is 2.77. The van der Waals surface area contributed by atoms with Gasteiger partial charge in [0.1, 0.15) is 11.5 Å². The van der Waals surface area contributed by atoms with Gasteiger partial charge < -0.3 is 4.42 Å². The Morgan fingerprint density at radius 3 is 2.67 bits per heavy atom. The van der Waals surface area contributed by atoms with Crippen molar-refractivity contribution in [2.75, 3.05) is 5.75 Å². The zero-order valence-electron chi connectivity index (χ0n) is 7.07. The number of oxazole rings is 1. The van der Waals surface area contributed by atoms with Crippen molar-refractivity contribution in [3.05, 3.63) is 17.8 Å². The van der Waals surface area contributed by atoms with Gasteiger partial charge in [-0.05, 0) is 6.92 Å². The van der Waals surface area contributed by atoms with Crippen LogP contribution in [0.1, 0.15) is 18.6 Å². The van der Waals surface area contributed by atoms with Crippen LogP contribution in [0, 0.1) is 6.92 Å². The highest BCUT2D eigenvalue weighted by atomic mass is 32.2. The third-order valence-electron chi connectivity index (χ3n) is 1.45. The number of rotatable bonds is 3.